The molecule has 1 aromatic rings. The fourth-order valence-corrected chi connectivity index (χ4v) is 8.91. The van der Waals surface area contributed by atoms with Gasteiger partial charge in [0.15, 0.2) is 0 Å². The second-order valence-corrected chi connectivity index (χ2v) is 13.8. The zero-order valence-corrected chi connectivity index (χ0v) is 25.6. The molecule has 1 aliphatic heterocycles. The molecular weight excluding hydrogens is 538 g/mol. The number of rotatable bonds is 6. The summed E-state index contributed by atoms with van der Waals surface area (Å²) in [7, 11) is 1.78. The van der Waals surface area contributed by atoms with Gasteiger partial charge in [0.25, 0.3) is 5.56 Å². The van der Waals surface area contributed by atoms with Crippen LogP contribution in [0.4, 0.5) is 5.95 Å². The van der Waals surface area contributed by atoms with Crippen LogP contribution < -0.4 is 16.4 Å². The van der Waals surface area contributed by atoms with E-state index in [-0.39, 0.29) is 40.6 Å². The molecule has 0 spiro atoms. The Labute approximate surface area is 247 Å². The predicted molar refractivity (Wildman–Crippen MR) is 157 cm³/mol. The van der Waals surface area contributed by atoms with Gasteiger partial charge in [-0.15, -0.1) is 6.58 Å². The number of Topliss-reactive ketones (excluding diaryl/α,β-unsaturated/α-hetero) is 1. The van der Waals surface area contributed by atoms with Crippen molar-refractivity contribution >= 4 is 17.7 Å². The monoisotopic (exact) mass is 585 g/mol. The lowest BCUT2D eigenvalue weighted by atomic mass is 9.44. The van der Waals surface area contributed by atoms with Gasteiger partial charge < -0.3 is 14.7 Å². The first-order valence-electron chi connectivity index (χ1n) is 15.3. The molecule has 11 nitrogen and oxygen atoms in total. The molecule has 0 amide bonds. The lowest BCUT2D eigenvalue weighted by molar-refractivity contribution is -0.192. The smallest absolute Gasteiger partial charge is 0.345 e. The number of anilines is 1. The molecule has 2 heterocycles. The molecule has 0 aromatic carbocycles. The summed E-state index contributed by atoms with van der Waals surface area (Å²) in [6.45, 7) is 13.6. The van der Waals surface area contributed by atoms with Crippen molar-refractivity contribution in [3.05, 3.63) is 34.8 Å². The zero-order chi connectivity index (χ0) is 30.6. The Balaban J connectivity index is 1.44. The molecule has 2 bridgehead atoms. The fourth-order valence-electron chi connectivity index (χ4n) is 8.91. The van der Waals surface area contributed by atoms with Gasteiger partial charge in [-0.05, 0) is 55.8 Å². The van der Waals surface area contributed by atoms with Gasteiger partial charge in [-0.2, -0.15) is 11.0 Å². The van der Waals surface area contributed by atoms with Crippen molar-refractivity contribution in [2.24, 2.45) is 39.9 Å². The number of aliphatic hydroxyl groups is 1. The fraction of sp³-hybridized carbons (Fsp3) is 0.742. The van der Waals surface area contributed by atoms with Crippen molar-refractivity contribution in [2.75, 3.05) is 25.0 Å². The first kappa shape index (κ1) is 30.8. The van der Waals surface area contributed by atoms with Gasteiger partial charge in [0.05, 0.1) is 12.3 Å². The van der Waals surface area contributed by atoms with Gasteiger partial charge in [-0.25, -0.2) is 14.7 Å². The molecule has 3 saturated carbocycles. The maximum atomic E-state index is 13.7. The summed E-state index contributed by atoms with van der Waals surface area (Å²) in [4.78, 5) is 54.5. The van der Waals surface area contributed by atoms with Gasteiger partial charge in [0.2, 0.25) is 5.95 Å². The second kappa shape index (κ2) is 11.2. The van der Waals surface area contributed by atoms with E-state index in [1.165, 1.54) is 6.20 Å². The highest BCUT2D eigenvalue weighted by atomic mass is 16.8. The summed E-state index contributed by atoms with van der Waals surface area (Å²) in [5.74, 6) is 4.72. The quantitative estimate of drug-likeness (QED) is 0.258. The topological polar surface area (TPSA) is 151 Å². The van der Waals surface area contributed by atoms with Crippen LogP contribution in [0.1, 0.15) is 83.0 Å². The minimum Gasteiger partial charge on any atom is -0.458 e. The van der Waals surface area contributed by atoms with Crippen molar-refractivity contribution in [1.29, 1.82) is 0 Å². The number of nitrogens with one attached hydrogen (secondary N) is 1. The van der Waals surface area contributed by atoms with E-state index in [9.17, 15) is 19.5 Å². The number of ether oxygens (including phenoxy) is 1. The van der Waals surface area contributed by atoms with E-state index in [4.69, 9.17) is 15.6 Å². The maximum absolute atomic E-state index is 13.7. The van der Waals surface area contributed by atoms with Crippen LogP contribution in [0.25, 0.3) is 0 Å². The number of H-pyrrole nitrogens is 1. The highest BCUT2D eigenvalue weighted by Crippen LogP contribution is 2.68. The second-order valence-electron chi connectivity index (χ2n) is 13.8. The molecule has 232 valence electrons. The Morgan fingerprint density at radius 3 is 2.55 bits per heavy atom. The van der Waals surface area contributed by atoms with Crippen molar-refractivity contribution < 1.29 is 24.4 Å². The van der Waals surface area contributed by atoms with Gasteiger partial charge in [-0.1, -0.05) is 33.8 Å². The van der Waals surface area contributed by atoms with Crippen molar-refractivity contribution in [3.63, 3.8) is 0 Å². The van der Waals surface area contributed by atoms with E-state index >= 15 is 0 Å². The molecule has 4 fully saturated rings. The number of aromatic nitrogens is 2. The number of hydrogen-bond acceptors (Lipinski definition) is 10. The number of esters is 1. The number of hydroxylamine groups is 2. The van der Waals surface area contributed by atoms with E-state index in [1.807, 2.05) is 11.8 Å². The molecule has 1 saturated heterocycles. The SMILES string of the molecule is C=C[C@]1(C)C[C@@H](OC(=O)c2cnc(N3CCC(N(C)ON)CC3)[nH]c2=O)[C@]2(C)C(C)CC[C@]3(CCC(=O)C32)[C@@H](C)[C@@H]1O. The lowest BCUT2D eigenvalue weighted by Crippen LogP contribution is -2.63. The Morgan fingerprint density at radius 1 is 1.24 bits per heavy atom. The van der Waals surface area contributed by atoms with Crippen LogP contribution in [0, 0.1) is 34.0 Å². The standard InChI is InChI=1S/C31H47N5O6/c1-7-29(4)16-23(30(5)18(2)8-12-31(19(3)25(29)38)13-9-22(37)24(30)31)41-27(40)21-17-33-28(34-26(21)39)36-14-10-20(11-15-36)35(6)42-32/h7,17-20,23-25,38H,1,8-16,32H2,2-6H3,(H,33,34,39)/t18?,19-,23+,24?,25-,29+,30-,31-/m0/s1. The highest BCUT2D eigenvalue weighted by molar-refractivity contribution is 5.89. The molecule has 2 unspecified atom stereocenters. The summed E-state index contributed by atoms with van der Waals surface area (Å²) in [6, 6.07) is 0.160. The maximum Gasteiger partial charge on any atom is 0.345 e. The zero-order valence-electron chi connectivity index (χ0n) is 25.6. The molecule has 11 heteroatoms. The lowest BCUT2D eigenvalue weighted by Gasteiger charge is -2.61. The van der Waals surface area contributed by atoms with Crippen molar-refractivity contribution in [3.8, 4) is 0 Å². The molecule has 8 atom stereocenters. The van der Waals surface area contributed by atoms with Crippen LogP contribution >= 0.6 is 0 Å². The van der Waals surface area contributed by atoms with Gasteiger partial charge in [-0.3, -0.25) is 14.6 Å². The van der Waals surface area contributed by atoms with Crippen LogP contribution in [0.5, 0.6) is 0 Å². The summed E-state index contributed by atoms with van der Waals surface area (Å²) in [6.07, 6.45) is 6.33. The number of nitrogens with zero attached hydrogens (tertiary/aromatic N) is 3. The Hall–Kier alpha value is -2.60. The minimum absolute atomic E-state index is 0.0948. The first-order chi connectivity index (χ1) is 19.8. The molecule has 5 rings (SSSR count). The third-order valence-electron chi connectivity index (χ3n) is 12.0. The van der Waals surface area contributed by atoms with E-state index in [2.05, 4.69) is 37.3 Å². The Bertz CT molecular complexity index is 1280. The average Bonchev–Trinajstić information content (AvgIpc) is 3.34. The number of hydrogen-bond donors (Lipinski definition) is 3. The number of piperidine rings is 1. The van der Waals surface area contributed by atoms with Crippen LogP contribution in [0.2, 0.25) is 0 Å². The number of carbonyl (C=O) groups is 2. The molecule has 1 aromatic heterocycles. The van der Waals surface area contributed by atoms with E-state index < -0.39 is 34.6 Å². The van der Waals surface area contributed by atoms with Crippen LogP contribution in [-0.4, -0.2) is 70.3 Å². The summed E-state index contributed by atoms with van der Waals surface area (Å²) < 4.78 is 6.27. The third kappa shape index (κ3) is 4.73. The number of aliphatic hydroxyl groups excluding tert-OH is 1. The molecule has 4 aliphatic rings. The first-order valence-corrected chi connectivity index (χ1v) is 15.3. The average molecular weight is 586 g/mol. The molecule has 3 aliphatic carbocycles. The summed E-state index contributed by atoms with van der Waals surface area (Å²) in [5.41, 5.74) is -2.54. The summed E-state index contributed by atoms with van der Waals surface area (Å²) >= 11 is 0. The van der Waals surface area contributed by atoms with E-state index in [0.717, 1.165) is 32.1 Å². The van der Waals surface area contributed by atoms with E-state index in [0.29, 0.717) is 31.9 Å². The Morgan fingerprint density at radius 2 is 1.93 bits per heavy atom. The number of aromatic amines is 1. The van der Waals surface area contributed by atoms with Gasteiger partial charge >= 0.3 is 5.97 Å². The molecular formula is C31H47N5O6. The molecule has 4 N–H and O–H groups in total. The largest absolute Gasteiger partial charge is 0.458 e. The predicted octanol–water partition coefficient (Wildman–Crippen LogP) is 3.00. The van der Waals surface area contributed by atoms with Crippen molar-refractivity contribution in [2.45, 2.75) is 90.9 Å². The minimum atomic E-state index is -0.773. The molecule has 42 heavy (non-hydrogen) atoms. The normalized spacial score (nSPS) is 39.0. The van der Waals surface area contributed by atoms with Crippen molar-refractivity contribution in [1.82, 2.24) is 15.0 Å². The number of carbonyl (C=O) groups excluding carboxylic acids is 2. The highest BCUT2D eigenvalue weighted by Gasteiger charge is 2.68. The van der Waals surface area contributed by atoms with Gasteiger partial charge in [0, 0.05) is 49.3 Å². The molecule has 0 radical (unpaired) electrons. The van der Waals surface area contributed by atoms with Crippen LogP contribution in [-0.2, 0) is 14.5 Å². The third-order valence-corrected chi connectivity index (χ3v) is 12.0. The van der Waals surface area contributed by atoms with E-state index in [1.54, 1.807) is 18.2 Å². The number of ketones is 1. The summed E-state index contributed by atoms with van der Waals surface area (Å²) in [5, 5.41) is 13.3. The van der Waals surface area contributed by atoms with Crippen LogP contribution in [0.15, 0.2) is 23.6 Å². The van der Waals surface area contributed by atoms with Crippen LogP contribution in [0.3, 0.4) is 0 Å². The number of nitrogens with two attached hydrogens (primary N) is 1. The van der Waals surface area contributed by atoms with Gasteiger partial charge in [0.1, 0.15) is 17.5 Å². The Kier molecular flexibility index (Phi) is 8.19.